The first kappa shape index (κ1) is 8.53. The quantitative estimate of drug-likeness (QED) is 0.499. The van der Waals surface area contributed by atoms with Crippen LogP contribution in [0.5, 0.6) is 5.75 Å². The predicted octanol–water partition coefficient (Wildman–Crippen LogP) is 1.95. The Morgan fingerprint density at radius 3 is 3.00 bits per heavy atom. The van der Waals surface area contributed by atoms with Crippen LogP contribution in [-0.2, 0) is 11.2 Å². The number of carbonyl (C=O) groups excluding carboxylic acids is 1. The van der Waals surface area contributed by atoms with E-state index < -0.39 is 0 Å². The fourth-order valence-corrected chi connectivity index (χ4v) is 0.968. The van der Waals surface area contributed by atoms with E-state index in [0.29, 0.717) is 12.2 Å². The molecule has 0 radical (unpaired) electrons. The van der Waals surface area contributed by atoms with Gasteiger partial charge in [0.2, 0.25) is 0 Å². The lowest BCUT2D eigenvalue weighted by Crippen LogP contribution is -1.89. The van der Waals surface area contributed by atoms with Crippen LogP contribution in [0.25, 0.3) is 0 Å². The Balaban J connectivity index is 2.79. The number of ether oxygens (including phenoxy) is 1. The van der Waals surface area contributed by atoms with Crippen LogP contribution in [-0.4, -0.2) is 6.47 Å². The highest BCUT2D eigenvalue weighted by molar-refractivity contribution is 5.45. The second kappa shape index (κ2) is 4.34. The number of rotatable bonds is 4. The minimum absolute atomic E-state index is 0.424. The zero-order valence-electron chi connectivity index (χ0n) is 6.69. The highest BCUT2D eigenvalue weighted by atomic mass is 16.5. The molecule has 0 unspecified atom stereocenters. The molecular weight excluding hydrogens is 152 g/mol. The summed E-state index contributed by atoms with van der Waals surface area (Å²) in [6.07, 6.45) is 2.59. The van der Waals surface area contributed by atoms with Crippen LogP contribution >= 0.6 is 0 Å². The number of hydrogen-bond acceptors (Lipinski definition) is 2. The zero-order chi connectivity index (χ0) is 8.81. The van der Waals surface area contributed by atoms with Crippen LogP contribution < -0.4 is 4.74 Å². The van der Waals surface area contributed by atoms with E-state index in [1.54, 1.807) is 12.1 Å². The first-order valence-corrected chi connectivity index (χ1v) is 3.67. The molecule has 2 heteroatoms. The van der Waals surface area contributed by atoms with Gasteiger partial charge < -0.3 is 4.74 Å². The maximum atomic E-state index is 10.0. The molecule has 0 bridgehead atoms. The van der Waals surface area contributed by atoms with Crippen molar-refractivity contribution in [2.24, 2.45) is 0 Å². The van der Waals surface area contributed by atoms with Crippen molar-refractivity contribution in [1.82, 2.24) is 0 Å². The van der Waals surface area contributed by atoms with Crippen molar-refractivity contribution in [2.45, 2.75) is 6.42 Å². The lowest BCUT2D eigenvalue weighted by atomic mass is 10.1. The Bertz CT molecular complexity index is 254. The number of hydrogen-bond donors (Lipinski definition) is 0. The Kier molecular flexibility index (Phi) is 3.08. The van der Waals surface area contributed by atoms with Gasteiger partial charge in [-0.1, -0.05) is 18.2 Å². The molecule has 0 saturated carbocycles. The van der Waals surface area contributed by atoms with Gasteiger partial charge in [0.05, 0.1) is 0 Å². The van der Waals surface area contributed by atoms with Crippen molar-refractivity contribution < 1.29 is 9.53 Å². The molecule has 62 valence electrons. The third-order valence-corrected chi connectivity index (χ3v) is 1.46. The molecule has 0 aromatic heterocycles. The fourth-order valence-electron chi connectivity index (χ4n) is 0.968. The van der Waals surface area contributed by atoms with Gasteiger partial charge in [-0.15, -0.1) is 6.58 Å². The van der Waals surface area contributed by atoms with Crippen molar-refractivity contribution in [2.75, 3.05) is 0 Å². The molecule has 1 aromatic carbocycles. The van der Waals surface area contributed by atoms with Gasteiger partial charge in [-0.25, -0.2) is 0 Å². The SMILES string of the molecule is C=CCc1cccc(OC=O)c1. The van der Waals surface area contributed by atoms with E-state index in [-0.39, 0.29) is 0 Å². The lowest BCUT2D eigenvalue weighted by molar-refractivity contribution is -0.120. The van der Waals surface area contributed by atoms with E-state index in [9.17, 15) is 4.79 Å². The standard InChI is InChI=1S/C10H10O2/c1-2-4-9-5-3-6-10(7-9)12-8-11/h2-3,5-8H,1,4H2. The first-order chi connectivity index (χ1) is 5.86. The minimum atomic E-state index is 0.424. The topological polar surface area (TPSA) is 26.3 Å². The van der Waals surface area contributed by atoms with Crippen molar-refractivity contribution in [3.63, 3.8) is 0 Å². The van der Waals surface area contributed by atoms with Gasteiger partial charge in [-0.3, -0.25) is 4.79 Å². The average molecular weight is 162 g/mol. The van der Waals surface area contributed by atoms with Crippen LogP contribution in [0.1, 0.15) is 5.56 Å². The van der Waals surface area contributed by atoms with Crippen LogP contribution in [0, 0.1) is 0 Å². The van der Waals surface area contributed by atoms with Gasteiger partial charge in [0.15, 0.2) is 0 Å². The molecule has 12 heavy (non-hydrogen) atoms. The van der Waals surface area contributed by atoms with Crippen molar-refractivity contribution in [3.8, 4) is 5.75 Å². The summed E-state index contributed by atoms with van der Waals surface area (Å²) in [5.74, 6) is 0.573. The van der Waals surface area contributed by atoms with Crippen LogP contribution in [0.2, 0.25) is 0 Å². The molecule has 1 aromatic rings. The van der Waals surface area contributed by atoms with Crippen molar-refractivity contribution in [3.05, 3.63) is 42.5 Å². The molecule has 0 amide bonds. The summed E-state index contributed by atoms with van der Waals surface area (Å²) in [5.41, 5.74) is 1.09. The van der Waals surface area contributed by atoms with Crippen molar-refractivity contribution in [1.29, 1.82) is 0 Å². The number of benzene rings is 1. The molecule has 0 aliphatic carbocycles. The largest absolute Gasteiger partial charge is 0.429 e. The Hall–Kier alpha value is -1.57. The Morgan fingerprint density at radius 2 is 2.33 bits per heavy atom. The molecule has 0 aliphatic rings. The molecule has 0 atom stereocenters. The van der Waals surface area contributed by atoms with Crippen molar-refractivity contribution >= 4 is 6.47 Å². The van der Waals surface area contributed by atoms with E-state index in [1.807, 2.05) is 18.2 Å². The van der Waals surface area contributed by atoms with E-state index in [0.717, 1.165) is 12.0 Å². The van der Waals surface area contributed by atoms with Gasteiger partial charge in [-0.05, 0) is 24.1 Å². The van der Waals surface area contributed by atoms with E-state index in [2.05, 4.69) is 11.3 Å². The van der Waals surface area contributed by atoms with Crippen LogP contribution in [0.4, 0.5) is 0 Å². The number of carbonyl (C=O) groups is 1. The maximum absolute atomic E-state index is 10.0. The van der Waals surface area contributed by atoms with Gasteiger partial charge in [0.25, 0.3) is 6.47 Å². The number of allylic oxidation sites excluding steroid dienone is 1. The van der Waals surface area contributed by atoms with Crippen LogP contribution in [0.15, 0.2) is 36.9 Å². The third kappa shape index (κ3) is 2.23. The summed E-state index contributed by atoms with van der Waals surface area (Å²) < 4.78 is 4.68. The first-order valence-electron chi connectivity index (χ1n) is 3.67. The summed E-state index contributed by atoms with van der Waals surface area (Å²) in [6, 6.07) is 7.36. The molecule has 0 spiro atoms. The molecule has 0 heterocycles. The Labute approximate surface area is 71.5 Å². The fraction of sp³-hybridized carbons (Fsp3) is 0.100. The normalized spacial score (nSPS) is 9.00. The molecule has 0 N–H and O–H groups in total. The summed E-state index contributed by atoms with van der Waals surface area (Å²) in [5, 5.41) is 0. The van der Waals surface area contributed by atoms with Gasteiger partial charge in [0, 0.05) is 0 Å². The maximum Gasteiger partial charge on any atom is 0.298 e. The average Bonchev–Trinajstić information content (AvgIpc) is 2.06. The predicted molar refractivity (Wildman–Crippen MR) is 47.0 cm³/mol. The summed E-state index contributed by atoms with van der Waals surface area (Å²) in [7, 11) is 0. The highest BCUT2D eigenvalue weighted by Gasteiger charge is 1.93. The molecule has 2 nitrogen and oxygen atoms in total. The van der Waals surface area contributed by atoms with Gasteiger partial charge in [0.1, 0.15) is 5.75 Å². The summed E-state index contributed by atoms with van der Waals surface area (Å²) in [6.45, 7) is 4.04. The third-order valence-electron chi connectivity index (χ3n) is 1.46. The van der Waals surface area contributed by atoms with E-state index in [4.69, 9.17) is 0 Å². The molecule has 0 aliphatic heterocycles. The van der Waals surface area contributed by atoms with Gasteiger partial charge >= 0.3 is 0 Å². The van der Waals surface area contributed by atoms with E-state index in [1.165, 1.54) is 0 Å². The lowest BCUT2D eigenvalue weighted by Gasteiger charge is -1.99. The Morgan fingerprint density at radius 1 is 1.50 bits per heavy atom. The second-order valence-electron chi connectivity index (χ2n) is 2.35. The molecule has 1 rings (SSSR count). The molecular formula is C10H10O2. The highest BCUT2D eigenvalue weighted by Crippen LogP contribution is 2.12. The smallest absolute Gasteiger partial charge is 0.298 e. The second-order valence-corrected chi connectivity index (χ2v) is 2.35. The zero-order valence-corrected chi connectivity index (χ0v) is 6.69. The minimum Gasteiger partial charge on any atom is -0.429 e. The van der Waals surface area contributed by atoms with Crippen LogP contribution in [0.3, 0.4) is 0 Å². The molecule has 0 fully saturated rings. The summed E-state index contributed by atoms with van der Waals surface area (Å²) in [4.78, 5) is 10.0. The summed E-state index contributed by atoms with van der Waals surface area (Å²) >= 11 is 0. The molecule has 0 saturated heterocycles. The van der Waals surface area contributed by atoms with Gasteiger partial charge in [-0.2, -0.15) is 0 Å². The van der Waals surface area contributed by atoms with E-state index >= 15 is 0 Å². The monoisotopic (exact) mass is 162 g/mol.